The van der Waals surface area contributed by atoms with Gasteiger partial charge in [-0.2, -0.15) is 0 Å². The number of benzene rings is 3. The van der Waals surface area contributed by atoms with Crippen LogP contribution in [-0.2, 0) is 24.9 Å². The molecule has 3 heterocycles. The summed E-state index contributed by atoms with van der Waals surface area (Å²) >= 11 is 1.84. The van der Waals surface area contributed by atoms with Crippen molar-refractivity contribution < 1.29 is 34.4 Å². The SMILES string of the molecule is CC(=O)/C=C(/C)O.Cc1[c-]c(-c2ncnc3cc(-c4c(C)cc5c(sc6ccccc65)c4C)oc23)cc(C)c1.[Ir]. The minimum atomic E-state index is -0.125. The van der Waals surface area contributed by atoms with Crippen molar-refractivity contribution >= 4 is 48.4 Å². The molecule has 0 bridgehead atoms. The van der Waals surface area contributed by atoms with Gasteiger partial charge in [-0.25, -0.2) is 4.98 Å². The number of hydrogen-bond donors (Lipinski definition) is 1. The maximum absolute atomic E-state index is 10.0. The fourth-order valence-corrected chi connectivity index (χ4v) is 6.24. The first-order valence-corrected chi connectivity index (χ1v) is 13.5. The summed E-state index contributed by atoms with van der Waals surface area (Å²) in [6.07, 6.45) is 2.78. The summed E-state index contributed by atoms with van der Waals surface area (Å²) < 4.78 is 9.08. The largest absolute Gasteiger partial charge is 0.512 e. The van der Waals surface area contributed by atoms with E-state index in [4.69, 9.17) is 9.52 Å². The van der Waals surface area contributed by atoms with Crippen molar-refractivity contribution in [1.82, 2.24) is 9.97 Å². The third kappa shape index (κ3) is 5.78. The molecule has 0 aliphatic heterocycles. The Kier molecular flexibility index (Phi) is 8.69. The van der Waals surface area contributed by atoms with Crippen molar-refractivity contribution in [3.05, 3.63) is 95.0 Å². The molecule has 40 heavy (non-hydrogen) atoms. The quantitative estimate of drug-likeness (QED) is 0.112. The van der Waals surface area contributed by atoms with Crippen LogP contribution in [0.1, 0.15) is 36.1 Å². The zero-order chi connectivity index (χ0) is 27.8. The van der Waals surface area contributed by atoms with Crippen LogP contribution in [0.5, 0.6) is 0 Å². The van der Waals surface area contributed by atoms with Gasteiger partial charge in [-0.05, 0) is 51.0 Å². The van der Waals surface area contributed by atoms with Crippen LogP contribution >= 0.6 is 11.3 Å². The zero-order valence-electron chi connectivity index (χ0n) is 23.2. The number of carbonyl (C=O) groups is 1. The average molecular weight is 726 g/mol. The Balaban J connectivity index is 0.000000413. The second-order valence-electron chi connectivity index (χ2n) is 9.87. The molecule has 1 radical (unpaired) electrons. The van der Waals surface area contributed by atoms with E-state index in [1.54, 1.807) is 6.33 Å². The Labute approximate surface area is 250 Å². The van der Waals surface area contributed by atoms with Gasteiger partial charge in [0.15, 0.2) is 5.78 Å². The third-order valence-corrected chi connectivity index (χ3v) is 7.78. The van der Waals surface area contributed by atoms with Gasteiger partial charge in [0.2, 0.25) is 0 Å². The smallest absolute Gasteiger partial charge is 0.155 e. The molecule has 0 spiro atoms. The molecule has 6 aromatic rings. The molecule has 0 aliphatic rings. The molecule has 0 atom stereocenters. The first kappa shape index (κ1) is 29.3. The van der Waals surface area contributed by atoms with Gasteiger partial charge in [-0.1, -0.05) is 32.0 Å². The van der Waals surface area contributed by atoms with E-state index in [2.05, 4.69) is 86.2 Å². The van der Waals surface area contributed by atoms with E-state index >= 15 is 0 Å². The van der Waals surface area contributed by atoms with Crippen LogP contribution in [0.25, 0.3) is 53.9 Å². The Morgan fingerprint density at radius 1 is 1.00 bits per heavy atom. The molecule has 0 aliphatic carbocycles. The minimum absolute atomic E-state index is 0. The fraction of sp³-hybridized carbons (Fsp3) is 0.182. The summed E-state index contributed by atoms with van der Waals surface area (Å²) in [5.74, 6) is 0.771. The molecule has 0 fully saturated rings. The molecule has 6 rings (SSSR count). The predicted octanol–water partition coefficient (Wildman–Crippen LogP) is 8.99. The van der Waals surface area contributed by atoms with E-state index in [-0.39, 0.29) is 31.6 Å². The molecule has 5 nitrogen and oxygen atoms in total. The molecule has 7 heteroatoms. The predicted molar refractivity (Wildman–Crippen MR) is 160 cm³/mol. The topological polar surface area (TPSA) is 76.2 Å². The molecule has 0 saturated carbocycles. The number of allylic oxidation sites excluding steroid dienone is 2. The summed E-state index contributed by atoms with van der Waals surface area (Å²) in [6.45, 7) is 11.3. The Hall–Kier alpha value is -3.64. The van der Waals surface area contributed by atoms with Gasteiger partial charge in [-0.15, -0.1) is 46.2 Å². The Morgan fingerprint density at radius 2 is 1.75 bits per heavy atom. The number of ketones is 1. The van der Waals surface area contributed by atoms with Crippen LogP contribution in [0.15, 0.2) is 71.1 Å². The van der Waals surface area contributed by atoms with Gasteiger partial charge in [-0.3, -0.25) is 9.78 Å². The first-order chi connectivity index (χ1) is 18.6. The van der Waals surface area contributed by atoms with Crippen LogP contribution in [0.3, 0.4) is 0 Å². The number of aromatic nitrogens is 2. The first-order valence-electron chi connectivity index (χ1n) is 12.7. The van der Waals surface area contributed by atoms with Gasteiger partial charge >= 0.3 is 0 Å². The summed E-state index contributed by atoms with van der Waals surface area (Å²) in [4.78, 5) is 19.1. The molecule has 0 saturated heterocycles. The van der Waals surface area contributed by atoms with E-state index in [0.29, 0.717) is 5.58 Å². The van der Waals surface area contributed by atoms with E-state index in [9.17, 15) is 4.79 Å². The minimum Gasteiger partial charge on any atom is -0.512 e. The summed E-state index contributed by atoms with van der Waals surface area (Å²) in [7, 11) is 0. The monoisotopic (exact) mass is 726 g/mol. The summed E-state index contributed by atoms with van der Waals surface area (Å²) in [5.41, 5.74) is 9.08. The van der Waals surface area contributed by atoms with E-state index in [0.717, 1.165) is 33.7 Å². The van der Waals surface area contributed by atoms with Gasteiger partial charge < -0.3 is 9.52 Å². The van der Waals surface area contributed by atoms with E-state index < -0.39 is 0 Å². The number of carbonyl (C=O) groups excluding carboxylic acids is 1. The van der Waals surface area contributed by atoms with Crippen LogP contribution in [0.2, 0.25) is 0 Å². The number of hydrogen-bond acceptors (Lipinski definition) is 6. The molecule has 1 N–H and O–H groups in total. The second-order valence-corrected chi connectivity index (χ2v) is 10.9. The van der Waals surface area contributed by atoms with Gasteiger partial charge in [0.05, 0.1) is 5.76 Å². The number of thiophene rings is 1. The summed E-state index contributed by atoms with van der Waals surface area (Å²) in [6, 6.07) is 20.6. The van der Waals surface area contributed by atoms with Crippen LogP contribution in [0, 0.1) is 33.8 Å². The molecule has 0 amide bonds. The van der Waals surface area contributed by atoms with Crippen molar-refractivity contribution in [2.75, 3.05) is 0 Å². The summed E-state index contributed by atoms with van der Waals surface area (Å²) in [5, 5.41) is 11.0. The van der Waals surface area contributed by atoms with Gasteiger partial charge in [0, 0.05) is 63.7 Å². The normalized spacial score (nSPS) is 11.4. The molecular weight excluding hydrogens is 697 g/mol. The number of rotatable bonds is 3. The van der Waals surface area contributed by atoms with Crippen molar-refractivity contribution in [3.8, 4) is 22.6 Å². The fourth-order valence-electron chi connectivity index (χ4n) is 5.05. The van der Waals surface area contributed by atoms with Crippen LogP contribution in [-0.4, -0.2) is 20.9 Å². The van der Waals surface area contributed by atoms with E-state index in [1.165, 1.54) is 56.8 Å². The van der Waals surface area contributed by atoms with Gasteiger partial charge in [0.1, 0.15) is 23.2 Å². The van der Waals surface area contributed by atoms with Crippen molar-refractivity contribution in [2.24, 2.45) is 0 Å². The van der Waals surface area contributed by atoms with Crippen molar-refractivity contribution in [3.63, 3.8) is 0 Å². The maximum Gasteiger partial charge on any atom is 0.155 e. The van der Waals surface area contributed by atoms with Crippen LogP contribution in [0.4, 0.5) is 0 Å². The average Bonchev–Trinajstić information content (AvgIpc) is 3.45. The standard InChI is InChI=1S/C28H21N2OS.C5H8O2.Ir/c1-15-9-16(2)11-19(10-15)26-27-22(29-14-30-26)13-23(31-27)25-17(3)12-21-20-7-5-6-8-24(20)32-28(21)18(25)4;1-4(6)3-5(2)7;/h5-10,12-14H,1-4H3;3,6H,1-2H3;/q-1;;/b;4-3-;. The van der Waals surface area contributed by atoms with E-state index in [1.807, 2.05) is 17.4 Å². The molecule has 3 aromatic heterocycles. The Bertz CT molecular complexity index is 1890. The Morgan fingerprint density at radius 3 is 2.42 bits per heavy atom. The number of aliphatic hydroxyl groups is 1. The number of aryl methyl sites for hydroxylation is 4. The molecule has 0 unspecified atom stereocenters. The number of nitrogens with zero attached hydrogens (tertiary/aromatic N) is 2. The van der Waals surface area contributed by atoms with Gasteiger partial charge in [0.25, 0.3) is 0 Å². The maximum atomic E-state index is 10.0. The molecule has 205 valence electrons. The zero-order valence-corrected chi connectivity index (χ0v) is 26.4. The number of furan rings is 1. The second kappa shape index (κ2) is 11.8. The van der Waals surface area contributed by atoms with Crippen LogP contribution < -0.4 is 0 Å². The van der Waals surface area contributed by atoms with Crippen molar-refractivity contribution in [1.29, 1.82) is 0 Å². The molecule has 3 aromatic carbocycles. The van der Waals surface area contributed by atoms with Crippen molar-refractivity contribution in [2.45, 2.75) is 41.5 Å². The number of fused-ring (bicyclic) bond motifs is 4. The third-order valence-electron chi connectivity index (χ3n) is 6.48. The molecular formula is C33H29IrN2O3S-. The number of aliphatic hydroxyl groups excluding tert-OH is 1.